The molecule has 64 heavy (non-hydrogen) atoms. The Morgan fingerprint density at radius 2 is 0.875 bits per heavy atom. The molecule has 0 aliphatic rings. The van der Waals surface area contributed by atoms with E-state index in [1.807, 2.05) is 21.1 Å². The van der Waals surface area contributed by atoms with Crippen LogP contribution in [0.1, 0.15) is 219 Å². The lowest BCUT2D eigenvalue weighted by atomic mass is 10.0. The molecule has 0 aliphatic heterocycles. The SMILES string of the molecule is CCCCC/C=C/C/C=C/C/C=C/CCCCCCC(=O)O[C@@H](COC(=O)CCC/C=C/CC/C=C/CCCCCCCCCCCCCCCC)COP(=O)([O-])OCC[N+](C)(C)C. The van der Waals surface area contributed by atoms with E-state index in [9.17, 15) is 19.0 Å². The van der Waals surface area contributed by atoms with Gasteiger partial charge < -0.3 is 27.9 Å². The van der Waals surface area contributed by atoms with E-state index >= 15 is 0 Å². The molecule has 9 nitrogen and oxygen atoms in total. The van der Waals surface area contributed by atoms with Crippen LogP contribution in [0.3, 0.4) is 0 Å². The Morgan fingerprint density at radius 3 is 1.39 bits per heavy atom. The average molecular weight is 920 g/mol. The van der Waals surface area contributed by atoms with Gasteiger partial charge >= 0.3 is 11.9 Å². The largest absolute Gasteiger partial charge is 0.756 e. The molecule has 0 saturated carbocycles. The van der Waals surface area contributed by atoms with E-state index < -0.39 is 32.5 Å². The number of ether oxygens (including phenoxy) is 2. The molecule has 372 valence electrons. The number of phosphoric ester groups is 1. The lowest BCUT2D eigenvalue weighted by Gasteiger charge is -2.28. The monoisotopic (exact) mass is 920 g/mol. The highest BCUT2D eigenvalue weighted by Crippen LogP contribution is 2.38. The van der Waals surface area contributed by atoms with E-state index in [4.69, 9.17) is 18.5 Å². The van der Waals surface area contributed by atoms with Gasteiger partial charge in [-0.25, -0.2) is 0 Å². The first-order chi connectivity index (χ1) is 31.0. The maximum Gasteiger partial charge on any atom is 0.306 e. The van der Waals surface area contributed by atoms with Crippen LogP contribution in [0.4, 0.5) is 0 Å². The lowest BCUT2D eigenvalue weighted by Crippen LogP contribution is -2.37. The molecule has 0 aromatic rings. The number of hydrogen-bond donors (Lipinski definition) is 0. The summed E-state index contributed by atoms with van der Waals surface area (Å²) in [6.45, 7) is 4.15. The fraction of sp³-hybridized carbons (Fsp3) is 0.778. The third-order valence-electron chi connectivity index (χ3n) is 11.0. The third kappa shape index (κ3) is 49.2. The number of rotatable bonds is 47. The Kier molecular flexibility index (Phi) is 44.2. The van der Waals surface area contributed by atoms with Crippen LogP contribution < -0.4 is 4.89 Å². The lowest BCUT2D eigenvalue weighted by molar-refractivity contribution is -0.870. The van der Waals surface area contributed by atoms with Gasteiger partial charge in [-0.2, -0.15) is 0 Å². The number of allylic oxidation sites excluding steroid dienone is 10. The van der Waals surface area contributed by atoms with Crippen molar-refractivity contribution >= 4 is 19.8 Å². The molecule has 0 aromatic carbocycles. The fourth-order valence-electron chi connectivity index (χ4n) is 6.92. The first-order valence-electron chi connectivity index (χ1n) is 26.0. The average Bonchev–Trinajstić information content (AvgIpc) is 3.25. The Morgan fingerprint density at radius 1 is 0.484 bits per heavy atom. The normalized spacial score (nSPS) is 13.9. The van der Waals surface area contributed by atoms with Gasteiger partial charge in [0.05, 0.1) is 27.7 Å². The molecule has 0 aromatic heterocycles. The summed E-state index contributed by atoms with van der Waals surface area (Å²) < 4.78 is 34.0. The van der Waals surface area contributed by atoms with Crippen molar-refractivity contribution in [3.8, 4) is 0 Å². The molecule has 0 N–H and O–H groups in total. The summed E-state index contributed by atoms with van der Waals surface area (Å²) in [6.07, 6.45) is 57.0. The Labute approximate surface area is 394 Å². The maximum atomic E-state index is 12.7. The number of hydrogen-bond acceptors (Lipinski definition) is 8. The summed E-state index contributed by atoms with van der Waals surface area (Å²) in [7, 11) is 1.13. The molecule has 1 unspecified atom stereocenters. The van der Waals surface area contributed by atoms with E-state index in [1.54, 1.807) is 0 Å². The summed E-state index contributed by atoms with van der Waals surface area (Å²) in [6, 6.07) is 0. The van der Waals surface area contributed by atoms with Gasteiger partial charge in [0.25, 0.3) is 7.82 Å². The van der Waals surface area contributed by atoms with Crippen LogP contribution in [-0.4, -0.2) is 70.0 Å². The standard InChI is InChI=1S/C54H98NO8P/c1-6-8-10-12-14-16-18-20-22-24-25-26-27-28-29-31-32-34-36-38-40-42-44-46-53(56)60-50-52(51-62-64(58,59)61-49-48-55(3,4)5)63-54(57)47-45-43-41-39-37-35-33-30-23-21-19-17-15-13-11-9-7-2/h15,17,21,23,31-33,35,38,40,52H,6-14,16,18-20,22,24-30,34,36-37,39,41-51H2,1-5H3/b17-15+,23-21+,32-31+,35-33+,40-38+/t52-/m0/s1. The molecule has 0 radical (unpaired) electrons. The second kappa shape index (κ2) is 45.8. The number of esters is 2. The predicted octanol–water partition coefficient (Wildman–Crippen LogP) is 15.0. The molecule has 0 heterocycles. The highest BCUT2D eigenvalue weighted by atomic mass is 31.2. The van der Waals surface area contributed by atoms with Crippen molar-refractivity contribution in [3.05, 3.63) is 60.8 Å². The Bertz CT molecular complexity index is 1270. The van der Waals surface area contributed by atoms with Crippen molar-refractivity contribution in [2.24, 2.45) is 0 Å². The van der Waals surface area contributed by atoms with Crippen LogP contribution in [0.5, 0.6) is 0 Å². The number of quaternary nitrogens is 1. The molecule has 2 atom stereocenters. The molecule has 0 bridgehead atoms. The molecule has 0 saturated heterocycles. The Balaban J connectivity index is 4.32. The summed E-state index contributed by atoms with van der Waals surface area (Å²) in [5, 5.41) is 0. The van der Waals surface area contributed by atoms with Gasteiger partial charge in [0.15, 0.2) is 6.10 Å². The predicted molar refractivity (Wildman–Crippen MR) is 268 cm³/mol. The van der Waals surface area contributed by atoms with Crippen molar-refractivity contribution < 1.29 is 42.1 Å². The number of nitrogens with zero attached hydrogens (tertiary/aromatic N) is 1. The van der Waals surface area contributed by atoms with E-state index in [0.717, 1.165) is 64.2 Å². The second-order valence-corrected chi connectivity index (χ2v) is 19.9. The number of carbonyl (C=O) groups is 2. The van der Waals surface area contributed by atoms with Gasteiger partial charge in [-0.1, -0.05) is 184 Å². The van der Waals surface area contributed by atoms with E-state index in [1.165, 1.54) is 116 Å². The van der Waals surface area contributed by atoms with Crippen LogP contribution in [0, 0.1) is 0 Å². The van der Waals surface area contributed by atoms with Crippen LogP contribution in [0.25, 0.3) is 0 Å². The first kappa shape index (κ1) is 61.7. The zero-order chi connectivity index (χ0) is 47.1. The fourth-order valence-corrected chi connectivity index (χ4v) is 7.65. The van der Waals surface area contributed by atoms with Crippen molar-refractivity contribution in [3.63, 3.8) is 0 Å². The van der Waals surface area contributed by atoms with Crippen LogP contribution in [0.15, 0.2) is 60.8 Å². The Hall–Kier alpha value is -2.29. The molecular formula is C54H98NO8P. The topological polar surface area (TPSA) is 111 Å². The number of likely N-dealkylation sites (N-methyl/N-ethyl adjacent to an activating group) is 1. The molecule has 0 fully saturated rings. The van der Waals surface area contributed by atoms with Gasteiger partial charge in [-0.15, -0.1) is 0 Å². The summed E-state index contributed by atoms with van der Waals surface area (Å²) >= 11 is 0. The van der Waals surface area contributed by atoms with E-state index in [-0.39, 0.29) is 26.1 Å². The van der Waals surface area contributed by atoms with E-state index in [2.05, 4.69) is 74.6 Å². The summed E-state index contributed by atoms with van der Waals surface area (Å²) in [5.41, 5.74) is 0. The van der Waals surface area contributed by atoms with Gasteiger partial charge in [-0.3, -0.25) is 14.2 Å². The smallest absolute Gasteiger partial charge is 0.306 e. The van der Waals surface area contributed by atoms with Crippen molar-refractivity contribution in [2.75, 3.05) is 47.5 Å². The quantitative estimate of drug-likeness (QED) is 0.0195. The highest BCUT2D eigenvalue weighted by molar-refractivity contribution is 7.45. The molecule has 0 aliphatic carbocycles. The van der Waals surface area contributed by atoms with Crippen LogP contribution in [-0.2, 0) is 32.7 Å². The minimum Gasteiger partial charge on any atom is -0.756 e. The highest BCUT2D eigenvalue weighted by Gasteiger charge is 2.21. The molecule has 0 amide bonds. The molecule has 0 spiro atoms. The number of unbranched alkanes of at least 4 members (excludes halogenated alkanes) is 23. The summed E-state index contributed by atoms with van der Waals surface area (Å²) in [4.78, 5) is 37.7. The zero-order valence-electron chi connectivity index (χ0n) is 42.0. The van der Waals surface area contributed by atoms with Crippen molar-refractivity contribution in [1.29, 1.82) is 0 Å². The third-order valence-corrected chi connectivity index (χ3v) is 12.0. The second-order valence-electron chi connectivity index (χ2n) is 18.5. The van der Waals surface area contributed by atoms with Gasteiger partial charge in [0.2, 0.25) is 0 Å². The summed E-state index contributed by atoms with van der Waals surface area (Å²) in [5.74, 6) is -0.908. The number of carbonyl (C=O) groups excluding carboxylic acids is 2. The maximum absolute atomic E-state index is 12.7. The number of phosphoric acid groups is 1. The van der Waals surface area contributed by atoms with Gasteiger partial charge in [0.1, 0.15) is 19.8 Å². The van der Waals surface area contributed by atoms with E-state index in [0.29, 0.717) is 23.9 Å². The van der Waals surface area contributed by atoms with Gasteiger partial charge in [-0.05, 0) is 83.5 Å². The zero-order valence-corrected chi connectivity index (χ0v) is 42.9. The molecule has 10 heteroatoms. The minimum absolute atomic E-state index is 0.0433. The van der Waals surface area contributed by atoms with Crippen LogP contribution in [0.2, 0.25) is 0 Å². The van der Waals surface area contributed by atoms with Crippen molar-refractivity contribution in [1.82, 2.24) is 0 Å². The van der Waals surface area contributed by atoms with Crippen molar-refractivity contribution in [2.45, 2.75) is 225 Å². The minimum atomic E-state index is -4.65. The van der Waals surface area contributed by atoms with Gasteiger partial charge in [0, 0.05) is 12.8 Å². The molecule has 0 rings (SSSR count). The first-order valence-corrected chi connectivity index (χ1v) is 27.5. The van der Waals surface area contributed by atoms with Crippen LogP contribution >= 0.6 is 7.82 Å². The molecular weight excluding hydrogens is 822 g/mol.